The number of rotatable bonds is 1. The number of amides is 3. The molecule has 3 amide bonds. The van der Waals surface area contributed by atoms with Gasteiger partial charge in [-0.25, -0.2) is 0 Å². The van der Waals surface area contributed by atoms with Crippen molar-refractivity contribution in [2.45, 2.75) is 13.8 Å². The fourth-order valence-corrected chi connectivity index (χ4v) is 1.72. The SMILES string of the molecule is Cc1cc(C(=O)N2CC(=O)NC(=O)C2)c(C)nn1. The molecule has 1 aliphatic heterocycles. The fraction of sp³-hybridized carbons (Fsp3) is 0.364. The summed E-state index contributed by atoms with van der Waals surface area (Å²) in [6, 6.07) is 1.60. The van der Waals surface area contributed by atoms with E-state index in [9.17, 15) is 14.4 Å². The Labute approximate surface area is 103 Å². The normalized spacial score (nSPS) is 15.6. The van der Waals surface area contributed by atoms with Crippen molar-refractivity contribution in [2.75, 3.05) is 13.1 Å². The maximum absolute atomic E-state index is 12.2. The molecule has 1 aromatic rings. The second-order valence-corrected chi connectivity index (χ2v) is 4.12. The van der Waals surface area contributed by atoms with Crippen LogP contribution in [0.3, 0.4) is 0 Å². The van der Waals surface area contributed by atoms with E-state index in [4.69, 9.17) is 0 Å². The number of imide groups is 1. The number of nitrogens with zero attached hydrogens (tertiary/aromatic N) is 3. The average molecular weight is 248 g/mol. The minimum atomic E-state index is -0.476. The summed E-state index contributed by atoms with van der Waals surface area (Å²) >= 11 is 0. The summed E-state index contributed by atoms with van der Waals surface area (Å²) in [4.78, 5) is 35.8. The van der Waals surface area contributed by atoms with E-state index >= 15 is 0 Å². The predicted octanol–water partition coefficient (Wildman–Crippen LogP) is -0.808. The van der Waals surface area contributed by atoms with Gasteiger partial charge in [-0.3, -0.25) is 19.7 Å². The minimum absolute atomic E-state index is 0.120. The van der Waals surface area contributed by atoms with Gasteiger partial charge in [-0.05, 0) is 19.9 Å². The zero-order valence-corrected chi connectivity index (χ0v) is 10.1. The van der Waals surface area contributed by atoms with E-state index in [-0.39, 0.29) is 19.0 Å². The Morgan fingerprint density at radius 1 is 1.22 bits per heavy atom. The van der Waals surface area contributed by atoms with Crippen molar-refractivity contribution in [1.82, 2.24) is 20.4 Å². The summed E-state index contributed by atoms with van der Waals surface area (Å²) in [6.07, 6.45) is 0. The number of piperazine rings is 1. The van der Waals surface area contributed by atoms with E-state index in [0.717, 1.165) is 0 Å². The van der Waals surface area contributed by atoms with Gasteiger partial charge in [0.25, 0.3) is 5.91 Å². The molecule has 0 aliphatic carbocycles. The Balaban J connectivity index is 2.28. The highest BCUT2D eigenvalue weighted by molar-refractivity contribution is 6.06. The first-order valence-electron chi connectivity index (χ1n) is 5.40. The number of nitrogens with one attached hydrogen (secondary N) is 1. The van der Waals surface area contributed by atoms with Crippen molar-refractivity contribution in [1.29, 1.82) is 0 Å². The molecule has 2 rings (SSSR count). The second kappa shape index (κ2) is 4.52. The Hall–Kier alpha value is -2.31. The van der Waals surface area contributed by atoms with E-state index in [1.165, 1.54) is 4.90 Å². The molecule has 0 spiro atoms. The van der Waals surface area contributed by atoms with Crippen LogP contribution in [0.5, 0.6) is 0 Å². The first-order valence-corrected chi connectivity index (χ1v) is 5.40. The van der Waals surface area contributed by atoms with Crippen LogP contribution < -0.4 is 5.32 Å². The van der Waals surface area contributed by atoms with E-state index in [0.29, 0.717) is 17.0 Å². The van der Waals surface area contributed by atoms with Gasteiger partial charge in [-0.1, -0.05) is 0 Å². The van der Waals surface area contributed by atoms with Gasteiger partial charge in [-0.2, -0.15) is 10.2 Å². The molecule has 18 heavy (non-hydrogen) atoms. The molecule has 0 bridgehead atoms. The number of hydrogen-bond acceptors (Lipinski definition) is 5. The molecule has 0 radical (unpaired) electrons. The first-order chi connectivity index (χ1) is 8.47. The Bertz CT molecular complexity index is 525. The van der Waals surface area contributed by atoms with Gasteiger partial charge in [0.05, 0.1) is 17.0 Å². The van der Waals surface area contributed by atoms with E-state index < -0.39 is 11.8 Å². The lowest BCUT2D eigenvalue weighted by molar-refractivity contribution is -0.135. The molecule has 1 aliphatic rings. The van der Waals surface area contributed by atoms with Crippen LogP contribution in [0.1, 0.15) is 21.7 Å². The van der Waals surface area contributed by atoms with Crippen LogP contribution in [-0.2, 0) is 9.59 Å². The lowest BCUT2D eigenvalue weighted by Crippen LogP contribution is -2.53. The first kappa shape index (κ1) is 12.2. The fourth-order valence-electron chi connectivity index (χ4n) is 1.72. The third-order valence-corrected chi connectivity index (χ3v) is 2.57. The summed E-state index contributed by atoms with van der Waals surface area (Å²) in [6.45, 7) is 3.14. The standard InChI is InChI=1S/C11H12N4O3/c1-6-3-8(7(2)14-13-6)11(18)15-4-9(16)12-10(17)5-15/h3H,4-5H2,1-2H3,(H,12,16,17). The molecule has 0 unspecified atom stereocenters. The van der Waals surface area contributed by atoms with Crippen molar-refractivity contribution >= 4 is 17.7 Å². The lowest BCUT2D eigenvalue weighted by atomic mass is 10.1. The van der Waals surface area contributed by atoms with Crippen molar-refractivity contribution in [3.63, 3.8) is 0 Å². The van der Waals surface area contributed by atoms with Crippen molar-refractivity contribution < 1.29 is 14.4 Å². The molecule has 94 valence electrons. The van der Waals surface area contributed by atoms with Crippen LogP contribution in [0.25, 0.3) is 0 Å². The van der Waals surface area contributed by atoms with Gasteiger partial charge in [0.1, 0.15) is 13.1 Å². The van der Waals surface area contributed by atoms with Crippen LogP contribution in [0, 0.1) is 13.8 Å². The Morgan fingerprint density at radius 2 is 1.83 bits per heavy atom. The second-order valence-electron chi connectivity index (χ2n) is 4.12. The largest absolute Gasteiger partial charge is 0.320 e. The van der Waals surface area contributed by atoms with Gasteiger partial charge < -0.3 is 4.90 Å². The quantitative estimate of drug-likeness (QED) is 0.656. The summed E-state index contributed by atoms with van der Waals surface area (Å²) in [7, 11) is 0. The number of aromatic nitrogens is 2. The highest BCUT2D eigenvalue weighted by Gasteiger charge is 2.28. The Morgan fingerprint density at radius 3 is 2.44 bits per heavy atom. The third-order valence-electron chi connectivity index (χ3n) is 2.57. The number of carbonyl (C=O) groups excluding carboxylic acids is 3. The molecule has 7 heteroatoms. The van der Waals surface area contributed by atoms with Crippen molar-refractivity contribution in [3.8, 4) is 0 Å². The zero-order chi connectivity index (χ0) is 13.3. The molecule has 1 aromatic heterocycles. The Kier molecular flexibility index (Phi) is 3.05. The van der Waals surface area contributed by atoms with Crippen molar-refractivity contribution in [3.05, 3.63) is 23.0 Å². The van der Waals surface area contributed by atoms with Crippen LogP contribution >= 0.6 is 0 Å². The van der Waals surface area contributed by atoms with Gasteiger partial charge in [0.2, 0.25) is 11.8 Å². The summed E-state index contributed by atoms with van der Waals surface area (Å²) in [5.74, 6) is -1.33. The van der Waals surface area contributed by atoms with Gasteiger partial charge in [0, 0.05) is 0 Å². The monoisotopic (exact) mass is 248 g/mol. The number of hydrogen-bond donors (Lipinski definition) is 1. The zero-order valence-electron chi connectivity index (χ0n) is 10.1. The summed E-state index contributed by atoms with van der Waals surface area (Å²) in [5.41, 5.74) is 1.45. The molecule has 2 heterocycles. The van der Waals surface area contributed by atoms with Crippen molar-refractivity contribution in [2.24, 2.45) is 0 Å². The van der Waals surface area contributed by atoms with E-state index in [2.05, 4.69) is 15.5 Å². The highest BCUT2D eigenvalue weighted by atomic mass is 16.2. The van der Waals surface area contributed by atoms with Crippen LogP contribution in [0.4, 0.5) is 0 Å². The minimum Gasteiger partial charge on any atom is -0.320 e. The topological polar surface area (TPSA) is 92.3 Å². The molecule has 1 N–H and O–H groups in total. The molecular weight excluding hydrogens is 236 g/mol. The summed E-state index contributed by atoms with van der Waals surface area (Å²) < 4.78 is 0. The molecule has 0 saturated carbocycles. The summed E-state index contributed by atoms with van der Waals surface area (Å²) in [5, 5.41) is 9.82. The molecular formula is C11H12N4O3. The number of aryl methyl sites for hydroxylation is 2. The van der Waals surface area contributed by atoms with Crippen LogP contribution in [0.2, 0.25) is 0 Å². The maximum Gasteiger partial charge on any atom is 0.256 e. The number of carbonyl (C=O) groups is 3. The van der Waals surface area contributed by atoms with Gasteiger partial charge >= 0.3 is 0 Å². The molecule has 0 aromatic carbocycles. The molecule has 0 atom stereocenters. The smallest absolute Gasteiger partial charge is 0.256 e. The van der Waals surface area contributed by atoms with E-state index in [1.54, 1.807) is 19.9 Å². The van der Waals surface area contributed by atoms with Gasteiger partial charge in [0.15, 0.2) is 0 Å². The maximum atomic E-state index is 12.2. The molecule has 1 fully saturated rings. The highest BCUT2D eigenvalue weighted by Crippen LogP contribution is 2.10. The third kappa shape index (κ3) is 2.34. The molecule has 1 saturated heterocycles. The molecule has 7 nitrogen and oxygen atoms in total. The van der Waals surface area contributed by atoms with Gasteiger partial charge in [-0.15, -0.1) is 0 Å². The van der Waals surface area contributed by atoms with E-state index in [1.807, 2.05) is 0 Å². The lowest BCUT2D eigenvalue weighted by Gasteiger charge is -2.25. The van der Waals surface area contributed by atoms with Crippen LogP contribution in [-0.4, -0.2) is 45.9 Å². The average Bonchev–Trinajstić information content (AvgIpc) is 2.30. The predicted molar refractivity (Wildman–Crippen MR) is 60.6 cm³/mol. The van der Waals surface area contributed by atoms with Crippen LogP contribution in [0.15, 0.2) is 6.07 Å².